The first-order valence-corrected chi connectivity index (χ1v) is 7.06. The average molecular weight is 335 g/mol. The van der Waals surface area contributed by atoms with E-state index >= 15 is 0 Å². The Bertz CT molecular complexity index is 579. The number of ether oxygens (including phenoxy) is 2. The molecule has 0 unspecified atom stereocenters. The molecule has 2 aromatic rings. The van der Waals surface area contributed by atoms with Crippen LogP contribution in [0.4, 0.5) is 0 Å². The molecular weight excluding hydrogens is 320 g/mol. The van der Waals surface area contributed by atoms with Gasteiger partial charge in [0, 0.05) is 4.47 Å². The highest BCUT2D eigenvalue weighted by molar-refractivity contribution is 9.10. The number of rotatable bonds is 6. The highest BCUT2D eigenvalue weighted by Crippen LogP contribution is 2.22. The lowest BCUT2D eigenvalue weighted by Gasteiger charge is -2.12. The van der Waals surface area contributed by atoms with E-state index in [0.29, 0.717) is 24.5 Å². The molecule has 104 valence electrons. The fourth-order valence-electron chi connectivity index (χ4n) is 1.80. The normalized spacial score (nSPS) is 10.1. The van der Waals surface area contributed by atoms with Crippen LogP contribution in [-0.4, -0.2) is 19.5 Å². The summed E-state index contributed by atoms with van der Waals surface area (Å²) in [6.45, 7) is 2.73. The quantitative estimate of drug-likeness (QED) is 0.591. The van der Waals surface area contributed by atoms with E-state index in [-0.39, 0.29) is 0 Å². The molecule has 0 spiro atoms. The van der Waals surface area contributed by atoms with Gasteiger partial charge in [-0.2, -0.15) is 0 Å². The van der Waals surface area contributed by atoms with Gasteiger partial charge in [-0.25, -0.2) is 0 Å². The van der Waals surface area contributed by atoms with Gasteiger partial charge in [0.25, 0.3) is 0 Å². The maximum Gasteiger partial charge on any atom is 0.153 e. The van der Waals surface area contributed by atoms with Gasteiger partial charge in [0.05, 0.1) is 5.56 Å². The van der Waals surface area contributed by atoms with Crippen LogP contribution < -0.4 is 9.47 Å². The van der Waals surface area contributed by atoms with Crippen molar-refractivity contribution in [1.29, 1.82) is 0 Å². The van der Waals surface area contributed by atoms with E-state index in [1.807, 2.05) is 43.3 Å². The molecule has 0 N–H and O–H groups in total. The second-order valence-corrected chi connectivity index (χ2v) is 5.18. The van der Waals surface area contributed by atoms with E-state index in [9.17, 15) is 4.79 Å². The second kappa shape index (κ2) is 7.10. The molecule has 3 nitrogen and oxygen atoms in total. The Morgan fingerprint density at radius 2 is 1.75 bits per heavy atom. The SMILES string of the molecule is Cc1cccc(C=O)c1OCCOc1ccc(Br)cc1. The zero-order valence-corrected chi connectivity index (χ0v) is 12.7. The summed E-state index contributed by atoms with van der Waals surface area (Å²) in [5.41, 5.74) is 1.51. The van der Waals surface area contributed by atoms with E-state index in [1.165, 1.54) is 0 Å². The fourth-order valence-corrected chi connectivity index (χ4v) is 2.06. The van der Waals surface area contributed by atoms with Crippen LogP contribution >= 0.6 is 15.9 Å². The molecule has 0 amide bonds. The van der Waals surface area contributed by atoms with Gasteiger partial charge in [-0.3, -0.25) is 4.79 Å². The summed E-state index contributed by atoms with van der Waals surface area (Å²) in [5.74, 6) is 1.42. The maximum atomic E-state index is 10.9. The summed E-state index contributed by atoms with van der Waals surface area (Å²) in [6.07, 6.45) is 0.803. The predicted octanol–water partition coefficient (Wildman–Crippen LogP) is 4.03. The van der Waals surface area contributed by atoms with Crippen LogP contribution in [0.25, 0.3) is 0 Å². The van der Waals surface area contributed by atoms with Gasteiger partial charge in [0.1, 0.15) is 24.7 Å². The highest BCUT2D eigenvalue weighted by Gasteiger charge is 2.05. The van der Waals surface area contributed by atoms with Crippen LogP contribution in [0.15, 0.2) is 46.9 Å². The predicted molar refractivity (Wildman–Crippen MR) is 81.7 cm³/mol. The minimum Gasteiger partial charge on any atom is -0.490 e. The van der Waals surface area contributed by atoms with Crippen molar-refractivity contribution >= 4 is 22.2 Å². The van der Waals surface area contributed by atoms with Crippen molar-refractivity contribution in [3.63, 3.8) is 0 Å². The van der Waals surface area contributed by atoms with Gasteiger partial charge in [-0.15, -0.1) is 0 Å². The van der Waals surface area contributed by atoms with E-state index in [1.54, 1.807) is 6.07 Å². The summed E-state index contributed by atoms with van der Waals surface area (Å²) in [6, 6.07) is 13.1. The summed E-state index contributed by atoms with van der Waals surface area (Å²) in [4.78, 5) is 10.9. The molecule has 2 aromatic carbocycles. The van der Waals surface area contributed by atoms with Crippen LogP contribution in [0.1, 0.15) is 15.9 Å². The van der Waals surface area contributed by atoms with Gasteiger partial charge in [-0.05, 0) is 42.8 Å². The third-order valence-corrected chi connectivity index (χ3v) is 3.31. The monoisotopic (exact) mass is 334 g/mol. The molecule has 20 heavy (non-hydrogen) atoms. The Morgan fingerprint density at radius 1 is 1.05 bits per heavy atom. The van der Waals surface area contributed by atoms with Crippen LogP contribution in [0, 0.1) is 6.92 Å². The molecule has 0 saturated carbocycles. The molecule has 0 heterocycles. The number of halogens is 1. The van der Waals surface area contributed by atoms with Gasteiger partial charge < -0.3 is 9.47 Å². The standard InChI is InChI=1S/C16H15BrO3/c1-12-3-2-4-13(11-18)16(12)20-10-9-19-15-7-5-14(17)6-8-15/h2-8,11H,9-10H2,1H3. The Labute approximate surface area is 126 Å². The first-order valence-electron chi connectivity index (χ1n) is 6.26. The number of aldehydes is 1. The molecule has 0 atom stereocenters. The highest BCUT2D eigenvalue weighted by atomic mass is 79.9. The van der Waals surface area contributed by atoms with Gasteiger partial charge in [0.2, 0.25) is 0 Å². The zero-order valence-electron chi connectivity index (χ0n) is 11.1. The molecule has 2 rings (SSSR count). The third-order valence-electron chi connectivity index (χ3n) is 2.78. The molecule has 0 fully saturated rings. The number of carbonyl (C=O) groups excluding carboxylic acids is 1. The number of hydrogen-bond acceptors (Lipinski definition) is 3. The minimum absolute atomic E-state index is 0.391. The third kappa shape index (κ3) is 3.84. The minimum atomic E-state index is 0.391. The van der Waals surface area contributed by atoms with E-state index in [2.05, 4.69) is 15.9 Å². The molecule has 0 radical (unpaired) electrons. The average Bonchev–Trinajstić information content (AvgIpc) is 2.46. The summed E-state index contributed by atoms with van der Waals surface area (Å²) in [7, 11) is 0. The number of benzene rings is 2. The summed E-state index contributed by atoms with van der Waals surface area (Å²) >= 11 is 3.37. The Morgan fingerprint density at radius 3 is 2.45 bits per heavy atom. The number of para-hydroxylation sites is 1. The van der Waals surface area contributed by atoms with Crippen molar-refractivity contribution in [3.8, 4) is 11.5 Å². The molecule has 0 bridgehead atoms. The van der Waals surface area contributed by atoms with E-state index in [4.69, 9.17) is 9.47 Å². The van der Waals surface area contributed by atoms with Crippen LogP contribution in [0.5, 0.6) is 11.5 Å². The van der Waals surface area contributed by atoms with Crippen LogP contribution in [0.3, 0.4) is 0 Å². The maximum absolute atomic E-state index is 10.9. The summed E-state index contributed by atoms with van der Waals surface area (Å²) < 4.78 is 12.2. The van der Waals surface area contributed by atoms with Crippen molar-refractivity contribution in [2.45, 2.75) is 6.92 Å². The topological polar surface area (TPSA) is 35.5 Å². The van der Waals surface area contributed by atoms with Gasteiger partial charge >= 0.3 is 0 Å². The Kier molecular flexibility index (Phi) is 5.18. The molecule has 0 aliphatic heterocycles. The van der Waals surface area contributed by atoms with E-state index < -0.39 is 0 Å². The van der Waals surface area contributed by atoms with Crippen LogP contribution in [-0.2, 0) is 0 Å². The van der Waals surface area contributed by atoms with Crippen molar-refractivity contribution in [1.82, 2.24) is 0 Å². The molecule has 0 aromatic heterocycles. The second-order valence-electron chi connectivity index (χ2n) is 4.26. The largest absolute Gasteiger partial charge is 0.490 e. The first-order chi connectivity index (χ1) is 9.70. The lowest BCUT2D eigenvalue weighted by Crippen LogP contribution is -2.10. The molecule has 0 aliphatic carbocycles. The lowest BCUT2D eigenvalue weighted by atomic mass is 10.1. The molecular formula is C16H15BrO3. The smallest absolute Gasteiger partial charge is 0.153 e. The van der Waals surface area contributed by atoms with Crippen molar-refractivity contribution in [3.05, 3.63) is 58.1 Å². The molecule has 0 aliphatic rings. The van der Waals surface area contributed by atoms with Gasteiger partial charge in [0.15, 0.2) is 6.29 Å². The van der Waals surface area contributed by atoms with E-state index in [0.717, 1.165) is 22.1 Å². The van der Waals surface area contributed by atoms with Crippen molar-refractivity contribution < 1.29 is 14.3 Å². The van der Waals surface area contributed by atoms with Crippen molar-refractivity contribution in [2.75, 3.05) is 13.2 Å². The summed E-state index contributed by atoms with van der Waals surface area (Å²) in [5, 5.41) is 0. The Hall–Kier alpha value is -1.81. The first kappa shape index (κ1) is 14.6. The Balaban J connectivity index is 1.87. The molecule has 0 saturated heterocycles. The number of aryl methyl sites for hydroxylation is 1. The number of carbonyl (C=O) groups is 1. The van der Waals surface area contributed by atoms with Crippen LogP contribution in [0.2, 0.25) is 0 Å². The number of hydrogen-bond donors (Lipinski definition) is 0. The zero-order chi connectivity index (χ0) is 14.4. The molecule has 4 heteroatoms. The fraction of sp³-hybridized carbons (Fsp3) is 0.188. The van der Waals surface area contributed by atoms with Crippen molar-refractivity contribution in [2.24, 2.45) is 0 Å². The lowest BCUT2D eigenvalue weighted by molar-refractivity contribution is 0.111. The van der Waals surface area contributed by atoms with Gasteiger partial charge in [-0.1, -0.05) is 28.1 Å².